The molecule has 9 nitrogen and oxygen atoms in total. The summed E-state index contributed by atoms with van der Waals surface area (Å²) in [6, 6.07) is 18.9. The third-order valence-corrected chi connectivity index (χ3v) is 6.33. The monoisotopic (exact) mass is 505 g/mol. The molecule has 1 atom stereocenters. The third kappa shape index (κ3) is 6.90. The van der Waals surface area contributed by atoms with Crippen LogP contribution in [0.25, 0.3) is 0 Å². The molecule has 2 N–H and O–H groups in total. The number of piperazine rings is 1. The maximum atomic E-state index is 12.9. The quantitative estimate of drug-likeness (QED) is 0.435. The smallest absolute Gasteiger partial charge is 0.256 e. The molecular weight excluding hydrogens is 470 g/mol. The first-order valence-electron chi connectivity index (χ1n) is 12.4. The highest BCUT2D eigenvalue weighted by molar-refractivity contribution is 5.96. The van der Waals surface area contributed by atoms with Gasteiger partial charge in [-0.2, -0.15) is 0 Å². The Hall–Kier alpha value is -3.82. The lowest BCUT2D eigenvalue weighted by Gasteiger charge is -2.37. The fourth-order valence-electron chi connectivity index (χ4n) is 4.31. The van der Waals surface area contributed by atoms with Gasteiger partial charge in [-0.05, 0) is 36.4 Å². The number of nitrogens with one attached hydrogen (secondary N) is 1. The predicted molar refractivity (Wildman–Crippen MR) is 145 cm³/mol. The van der Waals surface area contributed by atoms with Crippen LogP contribution in [-0.4, -0.2) is 87.5 Å². The molecule has 1 saturated heterocycles. The van der Waals surface area contributed by atoms with Gasteiger partial charge in [-0.15, -0.1) is 0 Å². The van der Waals surface area contributed by atoms with Crippen molar-refractivity contribution in [1.82, 2.24) is 15.2 Å². The zero-order valence-corrected chi connectivity index (χ0v) is 21.6. The average molecular weight is 506 g/mol. The van der Waals surface area contributed by atoms with Crippen molar-refractivity contribution in [3.8, 4) is 17.4 Å². The summed E-state index contributed by atoms with van der Waals surface area (Å²) < 4.78 is 11.4. The van der Waals surface area contributed by atoms with Crippen LogP contribution >= 0.6 is 0 Å². The Kier molecular flexibility index (Phi) is 8.81. The number of hydrogen-bond acceptors (Lipinski definition) is 8. The Bertz CT molecular complexity index is 1180. The summed E-state index contributed by atoms with van der Waals surface area (Å²) in [6.07, 6.45) is 0.890. The number of pyridine rings is 1. The number of aliphatic hydroxyl groups excluding tert-OH is 1. The number of nitrogens with zero attached hydrogens (tertiary/aromatic N) is 4. The zero-order valence-electron chi connectivity index (χ0n) is 21.6. The van der Waals surface area contributed by atoms with E-state index in [2.05, 4.69) is 26.2 Å². The van der Waals surface area contributed by atoms with E-state index < -0.39 is 6.10 Å². The lowest BCUT2D eigenvalue weighted by atomic mass is 10.2. The molecule has 1 amide bonds. The highest BCUT2D eigenvalue weighted by atomic mass is 16.5. The summed E-state index contributed by atoms with van der Waals surface area (Å²) in [7, 11) is 5.58. The molecule has 0 aliphatic carbocycles. The van der Waals surface area contributed by atoms with Crippen LogP contribution in [0.2, 0.25) is 0 Å². The first-order chi connectivity index (χ1) is 17.9. The van der Waals surface area contributed by atoms with Crippen molar-refractivity contribution in [2.75, 3.05) is 70.3 Å². The Morgan fingerprint density at radius 3 is 2.62 bits per heavy atom. The second kappa shape index (κ2) is 12.4. The third-order valence-electron chi connectivity index (χ3n) is 6.33. The van der Waals surface area contributed by atoms with Gasteiger partial charge in [-0.3, -0.25) is 9.69 Å². The van der Waals surface area contributed by atoms with Gasteiger partial charge >= 0.3 is 0 Å². The number of methoxy groups -OCH3 is 1. The fourth-order valence-corrected chi connectivity index (χ4v) is 4.31. The number of carbonyl (C=O) groups excluding carboxylic acids is 1. The summed E-state index contributed by atoms with van der Waals surface area (Å²) in [5.74, 6) is 1.33. The van der Waals surface area contributed by atoms with E-state index in [1.165, 1.54) is 0 Å². The molecule has 4 rings (SSSR count). The Labute approximate surface area is 218 Å². The molecule has 3 aromatic rings. The molecule has 0 bridgehead atoms. The number of carbonyl (C=O) groups is 1. The van der Waals surface area contributed by atoms with Gasteiger partial charge in [0.25, 0.3) is 5.91 Å². The van der Waals surface area contributed by atoms with E-state index >= 15 is 0 Å². The number of anilines is 2. The van der Waals surface area contributed by atoms with Crippen molar-refractivity contribution in [3.63, 3.8) is 0 Å². The van der Waals surface area contributed by atoms with E-state index in [9.17, 15) is 9.90 Å². The van der Waals surface area contributed by atoms with E-state index in [0.29, 0.717) is 17.9 Å². The van der Waals surface area contributed by atoms with Gasteiger partial charge in [-0.25, -0.2) is 4.98 Å². The highest BCUT2D eigenvalue weighted by Gasteiger charge is 2.22. The molecular formula is C28H35N5O4. The van der Waals surface area contributed by atoms with Crippen molar-refractivity contribution >= 4 is 17.3 Å². The number of amides is 1. The number of hydrogen-bond donors (Lipinski definition) is 2. The van der Waals surface area contributed by atoms with Crippen molar-refractivity contribution in [2.24, 2.45) is 0 Å². The molecule has 2 heterocycles. The van der Waals surface area contributed by atoms with Gasteiger partial charge in [0.05, 0.1) is 18.9 Å². The van der Waals surface area contributed by atoms with Gasteiger partial charge < -0.3 is 29.7 Å². The van der Waals surface area contributed by atoms with E-state index in [1.54, 1.807) is 25.4 Å². The Balaban J connectivity index is 1.28. The zero-order chi connectivity index (χ0) is 26.2. The minimum absolute atomic E-state index is 0.135. The largest absolute Gasteiger partial charge is 0.495 e. The lowest BCUT2D eigenvalue weighted by Crippen LogP contribution is -2.50. The van der Waals surface area contributed by atoms with Crippen LogP contribution in [0.15, 0.2) is 66.9 Å². The number of para-hydroxylation sites is 2. The van der Waals surface area contributed by atoms with E-state index in [0.717, 1.165) is 43.3 Å². The van der Waals surface area contributed by atoms with E-state index in [4.69, 9.17) is 9.47 Å². The topological polar surface area (TPSA) is 90.4 Å². The van der Waals surface area contributed by atoms with E-state index in [1.807, 2.05) is 61.5 Å². The molecule has 196 valence electrons. The highest BCUT2D eigenvalue weighted by Crippen LogP contribution is 2.28. The van der Waals surface area contributed by atoms with Crippen LogP contribution in [0.4, 0.5) is 11.4 Å². The normalized spacial score (nSPS) is 14.6. The number of ether oxygens (including phenoxy) is 2. The lowest BCUT2D eigenvalue weighted by molar-refractivity contribution is 0.0849. The van der Waals surface area contributed by atoms with Gasteiger partial charge in [0.2, 0.25) is 5.88 Å². The molecule has 0 radical (unpaired) electrons. The summed E-state index contributed by atoms with van der Waals surface area (Å²) in [6.45, 7) is 3.92. The molecule has 0 saturated carbocycles. The fraction of sp³-hybridized carbons (Fsp3) is 0.357. The van der Waals surface area contributed by atoms with Crippen molar-refractivity contribution < 1.29 is 19.4 Å². The molecule has 1 aliphatic rings. The first-order valence-corrected chi connectivity index (χ1v) is 12.4. The SMILES string of the molecule is COc1ccccc1N1CCN(CC(O)CNC(=O)c2cccnc2Oc2cccc(N(C)C)c2)CC1. The maximum absolute atomic E-state index is 12.9. The van der Waals surface area contributed by atoms with Gasteiger partial charge in [-0.1, -0.05) is 18.2 Å². The average Bonchev–Trinajstić information content (AvgIpc) is 2.92. The second-order valence-corrected chi connectivity index (χ2v) is 9.17. The molecule has 1 aromatic heterocycles. The molecule has 0 spiro atoms. The summed E-state index contributed by atoms with van der Waals surface area (Å²) in [5.41, 5.74) is 2.38. The number of aromatic nitrogens is 1. The van der Waals surface area contributed by atoms with Crippen molar-refractivity contribution in [1.29, 1.82) is 0 Å². The Morgan fingerprint density at radius 1 is 1.08 bits per heavy atom. The van der Waals surface area contributed by atoms with Gasteiger partial charge in [0.1, 0.15) is 17.1 Å². The van der Waals surface area contributed by atoms with Crippen molar-refractivity contribution in [3.05, 3.63) is 72.4 Å². The van der Waals surface area contributed by atoms with Crippen LogP contribution in [0, 0.1) is 0 Å². The standard InChI is InChI=1S/C28H35N5O4/c1-31(2)21-8-6-9-23(18-21)37-28-24(10-7-13-29-28)27(35)30-19-22(34)20-32-14-16-33(17-15-32)25-11-4-5-12-26(25)36-3/h4-13,18,22,34H,14-17,19-20H2,1-3H3,(H,30,35). The summed E-state index contributed by atoms with van der Waals surface area (Å²) in [5, 5.41) is 13.4. The number of benzene rings is 2. The predicted octanol–water partition coefficient (Wildman–Crippen LogP) is 2.86. The van der Waals surface area contributed by atoms with Crippen LogP contribution in [0.3, 0.4) is 0 Å². The molecule has 1 aliphatic heterocycles. The second-order valence-electron chi connectivity index (χ2n) is 9.17. The summed E-state index contributed by atoms with van der Waals surface area (Å²) in [4.78, 5) is 23.6. The Morgan fingerprint density at radius 2 is 1.86 bits per heavy atom. The molecule has 2 aromatic carbocycles. The van der Waals surface area contributed by atoms with Crippen LogP contribution in [0.5, 0.6) is 17.4 Å². The van der Waals surface area contributed by atoms with Crippen LogP contribution in [0.1, 0.15) is 10.4 Å². The minimum Gasteiger partial charge on any atom is -0.495 e. The van der Waals surface area contributed by atoms with Crippen LogP contribution in [-0.2, 0) is 0 Å². The maximum Gasteiger partial charge on any atom is 0.256 e. The van der Waals surface area contributed by atoms with Crippen LogP contribution < -0.4 is 24.6 Å². The number of rotatable bonds is 10. The van der Waals surface area contributed by atoms with Gasteiger partial charge in [0.15, 0.2) is 0 Å². The van der Waals surface area contributed by atoms with Gasteiger partial charge in [0, 0.05) is 71.3 Å². The van der Waals surface area contributed by atoms with E-state index in [-0.39, 0.29) is 18.3 Å². The molecule has 1 fully saturated rings. The first kappa shape index (κ1) is 26.2. The minimum atomic E-state index is -0.695. The summed E-state index contributed by atoms with van der Waals surface area (Å²) >= 11 is 0. The molecule has 9 heteroatoms. The number of aliphatic hydroxyl groups is 1. The van der Waals surface area contributed by atoms with Crippen molar-refractivity contribution in [2.45, 2.75) is 6.10 Å². The number of β-amino-alcohol motifs (C(OH)–C–C–N with tert-alkyl or cyclic N) is 1. The molecule has 37 heavy (non-hydrogen) atoms. The molecule has 1 unspecified atom stereocenters.